The number of benzene rings is 3. The van der Waals surface area contributed by atoms with Gasteiger partial charge in [0.2, 0.25) is 0 Å². The predicted octanol–water partition coefficient (Wildman–Crippen LogP) is 5.00. The van der Waals surface area contributed by atoms with Crippen molar-refractivity contribution in [2.45, 2.75) is 20.0 Å². The second kappa shape index (κ2) is 10.2. The third kappa shape index (κ3) is 4.76. The highest BCUT2D eigenvalue weighted by Gasteiger charge is 2.27. The van der Waals surface area contributed by atoms with Gasteiger partial charge in [-0.3, -0.25) is 4.31 Å². The fraction of sp³-hybridized carbons (Fsp3) is 0.222. The Bertz CT molecular complexity index is 1230. The average Bonchev–Trinajstić information content (AvgIpc) is 3.33. The van der Waals surface area contributed by atoms with Gasteiger partial charge in [0, 0.05) is 38.1 Å². The van der Waals surface area contributed by atoms with Gasteiger partial charge in [-0.2, -0.15) is 0 Å². The number of rotatable bonds is 7. The van der Waals surface area contributed by atoms with Crippen LogP contribution in [0.2, 0.25) is 0 Å². The minimum absolute atomic E-state index is 0.616. The molecule has 1 N–H and O–H groups in total. The summed E-state index contributed by atoms with van der Waals surface area (Å²) in [7, 11) is 0. The fourth-order valence-corrected chi connectivity index (χ4v) is 5.73. The van der Waals surface area contributed by atoms with E-state index in [4.69, 9.17) is 0 Å². The molecule has 1 aliphatic rings. The molecule has 4 aromatic rings. The molecule has 1 atom stereocenters. The first-order chi connectivity index (χ1) is 16.7. The normalized spacial score (nSPS) is 14.9. The van der Waals surface area contributed by atoms with Gasteiger partial charge in [-0.1, -0.05) is 54.6 Å². The minimum atomic E-state index is -1.30. The zero-order valence-corrected chi connectivity index (χ0v) is 20.1. The van der Waals surface area contributed by atoms with E-state index >= 15 is 0 Å². The Hall–Kier alpha value is -3.42. The number of aromatic nitrogens is 2. The van der Waals surface area contributed by atoms with Gasteiger partial charge in [-0.25, -0.2) is 13.5 Å². The minimum Gasteiger partial charge on any atom is -0.364 e. The highest BCUT2D eigenvalue weighted by Crippen LogP contribution is 2.32. The number of fused-ring (bicyclic) bond motifs is 1. The predicted molar refractivity (Wildman–Crippen MR) is 140 cm³/mol. The summed E-state index contributed by atoms with van der Waals surface area (Å²) >= 11 is -1.30. The van der Waals surface area contributed by atoms with Gasteiger partial charge in [-0.15, -0.1) is 0 Å². The summed E-state index contributed by atoms with van der Waals surface area (Å²) in [5.74, 6) is 0. The number of anilines is 2. The molecule has 1 unspecified atom stereocenters. The Labute approximate surface area is 203 Å². The number of nitrogens with one attached hydrogen (secondary N) is 1. The molecule has 0 bridgehead atoms. The summed E-state index contributed by atoms with van der Waals surface area (Å²) in [5, 5.41) is 0. The van der Waals surface area contributed by atoms with Crippen LogP contribution in [0.3, 0.4) is 0 Å². The fourth-order valence-electron chi connectivity index (χ4n) is 4.44. The third-order valence-corrected chi connectivity index (χ3v) is 7.75. The Morgan fingerprint density at radius 2 is 1.74 bits per heavy atom. The van der Waals surface area contributed by atoms with E-state index in [1.807, 2.05) is 46.9 Å². The standard InChI is InChI=1S/C27H29N5OS/c1-2-32(26-11-7-4-8-12-26)34(33)31-16-15-30(20-25-18-28-21-29-25)27-14-13-23(17-24(27)19-31)22-9-5-3-6-10-22/h3-14,17-18,21H,2,15-16,19-20H2,1H3,(H,28,29). The average molecular weight is 472 g/mol. The molecule has 2 heterocycles. The van der Waals surface area contributed by atoms with Crippen molar-refractivity contribution in [3.8, 4) is 11.1 Å². The molecule has 34 heavy (non-hydrogen) atoms. The highest BCUT2D eigenvalue weighted by atomic mass is 32.2. The van der Waals surface area contributed by atoms with Crippen molar-refractivity contribution in [1.82, 2.24) is 14.3 Å². The summed E-state index contributed by atoms with van der Waals surface area (Å²) in [6.07, 6.45) is 3.58. The van der Waals surface area contributed by atoms with Gasteiger partial charge in [0.25, 0.3) is 0 Å². The lowest BCUT2D eigenvalue weighted by Crippen LogP contribution is -2.40. The first kappa shape index (κ1) is 22.4. The second-order valence-electron chi connectivity index (χ2n) is 8.33. The molecule has 0 amide bonds. The summed E-state index contributed by atoms with van der Waals surface area (Å²) in [6.45, 7) is 5.53. The first-order valence-electron chi connectivity index (χ1n) is 11.6. The first-order valence-corrected chi connectivity index (χ1v) is 12.7. The second-order valence-corrected chi connectivity index (χ2v) is 9.75. The van der Waals surface area contributed by atoms with Crippen molar-refractivity contribution in [2.24, 2.45) is 0 Å². The van der Waals surface area contributed by atoms with Gasteiger partial charge in [0.1, 0.15) is 0 Å². The van der Waals surface area contributed by atoms with Gasteiger partial charge in [-0.05, 0) is 47.9 Å². The van der Waals surface area contributed by atoms with Gasteiger partial charge < -0.3 is 9.88 Å². The van der Waals surface area contributed by atoms with Crippen LogP contribution in [0.1, 0.15) is 18.2 Å². The van der Waals surface area contributed by atoms with E-state index in [0.717, 1.165) is 24.5 Å². The molecule has 5 rings (SSSR count). The molecular formula is C27H29N5OS. The molecule has 0 fully saturated rings. The van der Waals surface area contributed by atoms with Crippen molar-refractivity contribution < 1.29 is 4.21 Å². The lowest BCUT2D eigenvalue weighted by molar-refractivity contribution is 0.452. The van der Waals surface area contributed by atoms with Gasteiger partial charge >= 0.3 is 0 Å². The largest absolute Gasteiger partial charge is 0.364 e. The molecule has 3 aromatic carbocycles. The number of aromatic amines is 1. The monoisotopic (exact) mass is 471 g/mol. The van der Waals surface area contributed by atoms with E-state index in [1.165, 1.54) is 22.4 Å². The maximum Gasteiger partial charge on any atom is 0.199 e. The highest BCUT2D eigenvalue weighted by molar-refractivity contribution is 7.84. The van der Waals surface area contributed by atoms with Crippen LogP contribution in [-0.2, 0) is 24.3 Å². The smallest absolute Gasteiger partial charge is 0.199 e. The molecule has 6 nitrogen and oxygen atoms in total. The van der Waals surface area contributed by atoms with Crippen LogP contribution in [0.4, 0.5) is 11.4 Å². The van der Waals surface area contributed by atoms with Crippen molar-refractivity contribution in [1.29, 1.82) is 0 Å². The van der Waals surface area contributed by atoms with E-state index in [9.17, 15) is 4.21 Å². The summed E-state index contributed by atoms with van der Waals surface area (Å²) < 4.78 is 17.8. The zero-order chi connectivity index (χ0) is 23.3. The summed E-state index contributed by atoms with van der Waals surface area (Å²) in [4.78, 5) is 9.76. The van der Waals surface area contributed by atoms with E-state index in [1.54, 1.807) is 6.33 Å². The zero-order valence-electron chi connectivity index (χ0n) is 19.3. The Balaban J connectivity index is 1.49. The maximum atomic E-state index is 13.8. The Morgan fingerprint density at radius 3 is 2.44 bits per heavy atom. The quantitative estimate of drug-likeness (QED) is 0.413. The molecule has 174 valence electrons. The number of hydrogen-bond acceptors (Lipinski definition) is 3. The van der Waals surface area contributed by atoms with Crippen molar-refractivity contribution >= 4 is 22.5 Å². The molecule has 0 radical (unpaired) electrons. The number of H-pyrrole nitrogens is 1. The van der Waals surface area contributed by atoms with Crippen molar-refractivity contribution in [2.75, 3.05) is 28.8 Å². The molecule has 0 aliphatic carbocycles. The topological polar surface area (TPSA) is 55.5 Å². The number of para-hydroxylation sites is 1. The Morgan fingerprint density at radius 1 is 0.971 bits per heavy atom. The lowest BCUT2D eigenvalue weighted by atomic mass is 10.0. The SMILES string of the molecule is CCN(c1ccccc1)S(=O)N1CCN(Cc2cnc[nH]2)c2ccc(-c3ccccc3)cc2C1. The third-order valence-electron chi connectivity index (χ3n) is 6.15. The molecule has 0 spiro atoms. The van der Waals surface area contributed by atoms with E-state index in [2.05, 4.69) is 68.6 Å². The molecule has 1 aromatic heterocycles. The van der Waals surface area contributed by atoms with Crippen LogP contribution in [0.25, 0.3) is 11.1 Å². The molecule has 0 saturated carbocycles. The van der Waals surface area contributed by atoms with E-state index in [0.29, 0.717) is 19.6 Å². The van der Waals surface area contributed by atoms with Crippen LogP contribution in [0, 0.1) is 0 Å². The molecule has 1 aliphatic heterocycles. The number of hydrogen-bond donors (Lipinski definition) is 1. The van der Waals surface area contributed by atoms with Crippen LogP contribution in [0.15, 0.2) is 91.4 Å². The summed E-state index contributed by atoms with van der Waals surface area (Å²) in [5.41, 5.74) is 6.74. The van der Waals surface area contributed by atoms with E-state index in [-0.39, 0.29) is 0 Å². The number of imidazole rings is 1. The molecular weight excluding hydrogens is 442 g/mol. The maximum absolute atomic E-state index is 13.8. The number of nitrogens with zero attached hydrogens (tertiary/aromatic N) is 4. The van der Waals surface area contributed by atoms with Crippen LogP contribution in [0.5, 0.6) is 0 Å². The Kier molecular flexibility index (Phi) is 6.74. The van der Waals surface area contributed by atoms with Crippen LogP contribution >= 0.6 is 0 Å². The van der Waals surface area contributed by atoms with Crippen molar-refractivity contribution in [3.63, 3.8) is 0 Å². The van der Waals surface area contributed by atoms with Crippen LogP contribution < -0.4 is 9.21 Å². The van der Waals surface area contributed by atoms with Gasteiger partial charge in [0.05, 0.1) is 24.3 Å². The van der Waals surface area contributed by atoms with Gasteiger partial charge in [0.15, 0.2) is 11.2 Å². The lowest BCUT2D eigenvalue weighted by Gasteiger charge is -2.29. The van der Waals surface area contributed by atoms with Crippen LogP contribution in [-0.4, -0.2) is 38.1 Å². The van der Waals surface area contributed by atoms with E-state index < -0.39 is 11.2 Å². The summed E-state index contributed by atoms with van der Waals surface area (Å²) in [6, 6.07) is 27.1. The molecule has 0 saturated heterocycles. The van der Waals surface area contributed by atoms with Crippen molar-refractivity contribution in [3.05, 3.63) is 103 Å². The molecule has 7 heteroatoms.